The van der Waals surface area contributed by atoms with E-state index in [1.807, 2.05) is 78.9 Å². The van der Waals surface area contributed by atoms with E-state index in [1.165, 1.54) is 60.8 Å². The Morgan fingerprint density at radius 1 is 0.426 bits per heavy atom. The van der Waals surface area contributed by atoms with Gasteiger partial charge in [-0.25, -0.2) is 15.0 Å². The first kappa shape index (κ1) is 32.5. The highest BCUT2D eigenvalue weighted by atomic mass is 15.0. The van der Waals surface area contributed by atoms with Crippen molar-refractivity contribution in [1.82, 2.24) is 15.0 Å². The molecule has 1 aromatic heterocycles. The Bertz CT molecular complexity index is 2440. The van der Waals surface area contributed by atoms with Gasteiger partial charge in [0, 0.05) is 16.7 Å². The molecule has 0 radical (unpaired) electrons. The van der Waals surface area contributed by atoms with Crippen molar-refractivity contribution >= 4 is 0 Å². The summed E-state index contributed by atoms with van der Waals surface area (Å²) >= 11 is 0. The third-order valence-corrected chi connectivity index (χ3v) is 12.5. The standard InChI is InChI=1S/C50H40N4/c51-32-34-9-7-14-41(26-34)37-17-21-44(22-18-37)49-28-35-25-36(29-49)31-50(30-35,33-49)45-23-19-38(20-24-45)42-15-8-16-43(27-42)48-53-46(39-10-3-1-4-11-39)52-47(54-48)40-12-5-2-6-13-40/h1-24,26-27,35-36H,25,28-31,33H2. The minimum atomic E-state index is 0.219. The fraction of sp³-hybridized carbons (Fsp3) is 0.200. The second-order valence-electron chi connectivity index (χ2n) is 16.0. The van der Waals surface area contributed by atoms with Crippen LogP contribution in [-0.2, 0) is 10.8 Å². The molecule has 2 atom stereocenters. The van der Waals surface area contributed by atoms with Crippen molar-refractivity contribution in [2.75, 3.05) is 0 Å². The molecule has 0 aliphatic heterocycles. The molecule has 260 valence electrons. The smallest absolute Gasteiger partial charge is 0.164 e. The van der Waals surface area contributed by atoms with Gasteiger partial charge in [0.2, 0.25) is 0 Å². The Hall–Kier alpha value is -6.18. The summed E-state index contributed by atoms with van der Waals surface area (Å²) in [7, 11) is 0. The molecule has 1 heterocycles. The molecule has 0 amide bonds. The molecule has 4 heteroatoms. The van der Waals surface area contributed by atoms with Gasteiger partial charge in [-0.05, 0) is 113 Å². The molecule has 0 N–H and O–H groups in total. The number of aromatic nitrogens is 3. The monoisotopic (exact) mass is 696 g/mol. The van der Waals surface area contributed by atoms with E-state index in [2.05, 4.69) is 84.9 Å². The van der Waals surface area contributed by atoms with E-state index in [4.69, 9.17) is 15.0 Å². The van der Waals surface area contributed by atoms with Crippen molar-refractivity contribution in [2.45, 2.75) is 49.4 Å². The van der Waals surface area contributed by atoms with Crippen LogP contribution in [0.4, 0.5) is 0 Å². The quantitative estimate of drug-likeness (QED) is 0.166. The molecule has 4 fully saturated rings. The molecule has 6 aromatic carbocycles. The minimum absolute atomic E-state index is 0.219. The molecular formula is C50H40N4. The summed E-state index contributed by atoms with van der Waals surface area (Å²) < 4.78 is 0. The second-order valence-corrected chi connectivity index (χ2v) is 16.0. The second kappa shape index (κ2) is 13.0. The van der Waals surface area contributed by atoms with Gasteiger partial charge >= 0.3 is 0 Å². The molecule has 4 bridgehead atoms. The summed E-state index contributed by atoms with van der Waals surface area (Å²) in [5.41, 5.74) is 11.7. The first-order valence-corrected chi connectivity index (χ1v) is 19.2. The van der Waals surface area contributed by atoms with Crippen LogP contribution in [0.2, 0.25) is 0 Å². The largest absolute Gasteiger partial charge is 0.208 e. The number of hydrogen-bond acceptors (Lipinski definition) is 4. The van der Waals surface area contributed by atoms with Crippen molar-refractivity contribution in [2.24, 2.45) is 11.8 Å². The maximum Gasteiger partial charge on any atom is 0.164 e. The van der Waals surface area contributed by atoms with Gasteiger partial charge in [-0.2, -0.15) is 5.26 Å². The molecule has 4 saturated carbocycles. The van der Waals surface area contributed by atoms with Crippen LogP contribution in [0, 0.1) is 23.2 Å². The van der Waals surface area contributed by atoms with Gasteiger partial charge in [0.25, 0.3) is 0 Å². The van der Waals surface area contributed by atoms with E-state index in [0.717, 1.165) is 39.7 Å². The van der Waals surface area contributed by atoms with Crippen LogP contribution in [0.15, 0.2) is 158 Å². The fourth-order valence-electron chi connectivity index (χ4n) is 10.5. The number of nitrogens with zero attached hydrogens (tertiary/aromatic N) is 4. The van der Waals surface area contributed by atoms with Crippen LogP contribution >= 0.6 is 0 Å². The summed E-state index contributed by atoms with van der Waals surface area (Å²) in [4.78, 5) is 14.8. The highest BCUT2D eigenvalue weighted by molar-refractivity contribution is 5.73. The first-order valence-electron chi connectivity index (χ1n) is 19.2. The van der Waals surface area contributed by atoms with Crippen LogP contribution in [0.1, 0.15) is 55.2 Å². The fourth-order valence-corrected chi connectivity index (χ4v) is 10.5. The Morgan fingerprint density at radius 3 is 1.35 bits per heavy atom. The SMILES string of the molecule is N#Cc1cccc(-c2ccc(C34CC5CC(C3)CC(c3ccc(-c6cccc(-c7nc(-c8ccccc8)nc(-c8ccccc8)n7)c6)cc3)(C5)C4)cc2)c1. The zero-order valence-electron chi connectivity index (χ0n) is 30.2. The molecule has 54 heavy (non-hydrogen) atoms. The Kier molecular flexibility index (Phi) is 7.84. The van der Waals surface area contributed by atoms with E-state index in [9.17, 15) is 5.26 Å². The number of hydrogen-bond donors (Lipinski definition) is 0. The van der Waals surface area contributed by atoms with Crippen molar-refractivity contribution < 1.29 is 0 Å². The normalized spacial score (nSPS) is 22.5. The van der Waals surface area contributed by atoms with Crippen LogP contribution in [0.5, 0.6) is 0 Å². The van der Waals surface area contributed by atoms with Crippen LogP contribution in [0.3, 0.4) is 0 Å². The molecule has 4 nitrogen and oxygen atoms in total. The van der Waals surface area contributed by atoms with Gasteiger partial charge in [-0.15, -0.1) is 0 Å². The van der Waals surface area contributed by atoms with Gasteiger partial charge < -0.3 is 0 Å². The third kappa shape index (κ3) is 5.81. The van der Waals surface area contributed by atoms with Gasteiger partial charge in [0.15, 0.2) is 17.5 Å². The molecular weight excluding hydrogens is 657 g/mol. The summed E-state index contributed by atoms with van der Waals surface area (Å²) in [5.74, 6) is 3.56. The molecule has 2 unspecified atom stereocenters. The van der Waals surface area contributed by atoms with E-state index in [0.29, 0.717) is 23.0 Å². The molecule has 0 saturated heterocycles. The maximum atomic E-state index is 9.42. The molecule has 11 rings (SSSR count). The van der Waals surface area contributed by atoms with Crippen molar-refractivity contribution in [3.8, 4) is 62.5 Å². The van der Waals surface area contributed by atoms with Crippen LogP contribution in [-0.4, -0.2) is 15.0 Å². The Morgan fingerprint density at radius 2 is 0.852 bits per heavy atom. The highest BCUT2D eigenvalue weighted by Gasteiger charge is 2.58. The summed E-state index contributed by atoms with van der Waals surface area (Å²) in [6, 6.07) is 58.0. The number of rotatable bonds is 7. The molecule has 4 aliphatic carbocycles. The van der Waals surface area contributed by atoms with E-state index in [1.54, 1.807) is 0 Å². The predicted octanol–water partition coefficient (Wildman–Crippen LogP) is 11.9. The maximum absolute atomic E-state index is 9.42. The first-order chi connectivity index (χ1) is 26.5. The van der Waals surface area contributed by atoms with Gasteiger partial charge in [0.1, 0.15) is 0 Å². The van der Waals surface area contributed by atoms with Crippen LogP contribution < -0.4 is 0 Å². The summed E-state index contributed by atoms with van der Waals surface area (Å²) in [5, 5.41) is 9.42. The lowest BCUT2D eigenvalue weighted by molar-refractivity contribution is -0.0281. The predicted molar refractivity (Wildman–Crippen MR) is 216 cm³/mol. The van der Waals surface area contributed by atoms with E-state index >= 15 is 0 Å². The van der Waals surface area contributed by atoms with E-state index < -0.39 is 0 Å². The molecule has 4 aliphatic rings. The van der Waals surface area contributed by atoms with Gasteiger partial charge in [0.05, 0.1) is 11.6 Å². The average molecular weight is 697 g/mol. The summed E-state index contributed by atoms with van der Waals surface area (Å²) in [6.07, 6.45) is 7.79. The zero-order valence-corrected chi connectivity index (χ0v) is 30.2. The lowest BCUT2D eigenvalue weighted by Gasteiger charge is -2.63. The average Bonchev–Trinajstić information content (AvgIpc) is 3.24. The van der Waals surface area contributed by atoms with Gasteiger partial charge in [-0.3, -0.25) is 0 Å². The lowest BCUT2D eigenvalue weighted by atomic mass is 9.41. The van der Waals surface area contributed by atoms with Crippen LogP contribution in [0.25, 0.3) is 56.4 Å². The Balaban J connectivity index is 0.948. The van der Waals surface area contributed by atoms with Gasteiger partial charge in [-0.1, -0.05) is 140 Å². The molecule has 0 spiro atoms. The van der Waals surface area contributed by atoms with Crippen molar-refractivity contribution in [3.63, 3.8) is 0 Å². The minimum Gasteiger partial charge on any atom is -0.208 e. The molecule has 7 aromatic rings. The Labute approximate surface area is 317 Å². The third-order valence-electron chi connectivity index (χ3n) is 12.5. The van der Waals surface area contributed by atoms with Crippen molar-refractivity contribution in [3.05, 3.63) is 174 Å². The topological polar surface area (TPSA) is 62.5 Å². The van der Waals surface area contributed by atoms with Crippen molar-refractivity contribution in [1.29, 1.82) is 5.26 Å². The number of nitriles is 1. The highest BCUT2D eigenvalue weighted by Crippen LogP contribution is 2.66. The van der Waals surface area contributed by atoms with E-state index in [-0.39, 0.29) is 10.8 Å². The lowest BCUT2D eigenvalue weighted by Crippen LogP contribution is -2.55. The summed E-state index contributed by atoms with van der Waals surface area (Å²) in [6.45, 7) is 0. The zero-order chi connectivity index (χ0) is 36.1. The number of benzene rings is 6.